The zero-order valence-electron chi connectivity index (χ0n) is 21.3. The maximum absolute atomic E-state index is 13.5. The number of nitrogen functional groups attached to an aromatic ring is 1. The number of rotatable bonds is 10. The molecule has 1 amide bonds. The van der Waals surface area contributed by atoms with Gasteiger partial charge in [0.2, 0.25) is 10.0 Å². The highest BCUT2D eigenvalue weighted by atomic mass is 32.2. The number of anilines is 2. The Hall–Kier alpha value is -2.92. The molecule has 1 aromatic heterocycles. The summed E-state index contributed by atoms with van der Waals surface area (Å²) in [4.78, 5) is 42.3. The second kappa shape index (κ2) is 11.9. The van der Waals surface area contributed by atoms with Crippen LogP contribution in [-0.4, -0.2) is 47.8 Å². The first kappa shape index (κ1) is 27.7. The first-order valence-corrected chi connectivity index (χ1v) is 14.1. The monoisotopic (exact) mass is 519 g/mol. The molecule has 0 atom stereocenters. The lowest BCUT2D eigenvalue weighted by Gasteiger charge is -2.29. The number of carbonyl (C=O) groups is 1. The molecule has 0 spiro atoms. The molecule has 3 rings (SSSR count). The van der Waals surface area contributed by atoms with E-state index in [2.05, 4.69) is 11.9 Å². The standard InChI is InChI=1S/C25H37N5O5S/c1-4-6-14-29(21-22(26)30(15-7-5-2)25(33)27-23(21)31)24(32)19-8-10-20(11-9-19)36(34,35)28-16-12-18(3)13-17-28/h8-11,18H,4-7,12-17,26H2,1-3H3,(H,27,31,33). The predicted octanol–water partition coefficient (Wildman–Crippen LogP) is 2.79. The summed E-state index contributed by atoms with van der Waals surface area (Å²) in [7, 11) is -3.65. The second-order valence-corrected chi connectivity index (χ2v) is 11.4. The van der Waals surface area contributed by atoms with Crippen LogP contribution in [-0.2, 0) is 16.6 Å². The quantitative estimate of drug-likeness (QED) is 0.495. The predicted molar refractivity (Wildman–Crippen MR) is 141 cm³/mol. The van der Waals surface area contributed by atoms with Gasteiger partial charge in [-0.05, 0) is 55.9 Å². The molecule has 198 valence electrons. The third kappa shape index (κ3) is 5.89. The van der Waals surface area contributed by atoms with Gasteiger partial charge in [0.1, 0.15) is 5.82 Å². The van der Waals surface area contributed by atoms with Crippen molar-refractivity contribution in [2.75, 3.05) is 30.3 Å². The summed E-state index contributed by atoms with van der Waals surface area (Å²) in [6, 6.07) is 5.76. The zero-order valence-corrected chi connectivity index (χ0v) is 22.1. The fourth-order valence-corrected chi connectivity index (χ4v) is 5.78. The second-order valence-electron chi connectivity index (χ2n) is 9.42. The van der Waals surface area contributed by atoms with E-state index in [1.54, 1.807) is 0 Å². The Balaban J connectivity index is 1.95. The smallest absolute Gasteiger partial charge is 0.330 e. The van der Waals surface area contributed by atoms with E-state index in [4.69, 9.17) is 5.73 Å². The number of carbonyl (C=O) groups excluding carboxylic acids is 1. The fourth-order valence-electron chi connectivity index (χ4n) is 4.31. The van der Waals surface area contributed by atoms with Gasteiger partial charge in [0.25, 0.3) is 11.5 Å². The van der Waals surface area contributed by atoms with Crippen molar-refractivity contribution < 1.29 is 13.2 Å². The van der Waals surface area contributed by atoms with E-state index in [-0.39, 0.29) is 28.5 Å². The van der Waals surface area contributed by atoms with Gasteiger partial charge in [-0.1, -0.05) is 33.6 Å². The van der Waals surface area contributed by atoms with Crippen molar-refractivity contribution in [1.29, 1.82) is 0 Å². The molecule has 0 radical (unpaired) electrons. The molecule has 0 saturated carbocycles. The molecule has 0 unspecified atom stereocenters. The van der Waals surface area contributed by atoms with Gasteiger partial charge in [0.05, 0.1) is 4.90 Å². The number of hydrogen-bond acceptors (Lipinski definition) is 6. The molecule has 1 fully saturated rings. The summed E-state index contributed by atoms with van der Waals surface area (Å²) in [5.74, 6) is -0.0465. The number of unbranched alkanes of at least 4 members (excludes halogenated alkanes) is 2. The Kier molecular flexibility index (Phi) is 9.13. The summed E-state index contributed by atoms with van der Waals surface area (Å²) in [6.07, 6.45) is 4.52. The van der Waals surface area contributed by atoms with Crippen molar-refractivity contribution >= 4 is 27.4 Å². The van der Waals surface area contributed by atoms with Gasteiger partial charge in [0.15, 0.2) is 5.69 Å². The minimum Gasteiger partial charge on any atom is -0.383 e. The van der Waals surface area contributed by atoms with Gasteiger partial charge in [-0.25, -0.2) is 13.2 Å². The summed E-state index contributed by atoms with van der Waals surface area (Å²) >= 11 is 0. The van der Waals surface area contributed by atoms with Gasteiger partial charge in [-0.15, -0.1) is 0 Å². The first-order chi connectivity index (χ1) is 17.1. The summed E-state index contributed by atoms with van der Waals surface area (Å²) in [5, 5.41) is 0. The van der Waals surface area contributed by atoms with Crippen molar-refractivity contribution in [3.8, 4) is 0 Å². The van der Waals surface area contributed by atoms with Gasteiger partial charge in [-0.2, -0.15) is 4.31 Å². The van der Waals surface area contributed by atoms with Crippen LogP contribution in [0.4, 0.5) is 11.5 Å². The highest BCUT2D eigenvalue weighted by molar-refractivity contribution is 7.89. The number of piperidine rings is 1. The maximum atomic E-state index is 13.5. The van der Waals surface area contributed by atoms with Crippen molar-refractivity contribution in [1.82, 2.24) is 13.9 Å². The summed E-state index contributed by atoms with van der Waals surface area (Å²) in [6.45, 7) is 7.54. The SMILES string of the molecule is CCCCN(C(=O)c1ccc(S(=O)(=O)N2CCC(C)CC2)cc1)c1c(N)n(CCCC)c(=O)[nH]c1=O. The molecule has 0 aliphatic carbocycles. The van der Waals surface area contributed by atoms with E-state index in [0.29, 0.717) is 38.4 Å². The lowest BCUT2D eigenvalue weighted by molar-refractivity contribution is 0.0986. The number of nitrogens with one attached hydrogen (secondary N) is 1. The van der Waals surface area contributed by atoms with E-state index >= 15 is 0 Å². The normalized spacial score (nSPS) is 15.2. The largest absolute Gasteiger partial charge is 0.383 e. The topological polar surface area (TPSA) is 139 Å². The molecule has 3 N–H and O–H groups in total. The average molecular weight is 520 g/mol. The number of nitrogens with two attached hydrogens (primary N) is 1. The molecule has 0 bridgehead atoms. The number of benzene rings is 1. The molecule has 1 saturated heterocycles. The van der Waals surface area contributed by atoms with Crippen LogP contribution < -0.4 is 21.9 Å². The van der Waals surface area contributed by atoms with E-state index in [1.807, 2.05) is 13.8 Å². The van der Waals surface area contributed by atoms with E-state index in [1.165, 1.54) is 38.0 Å². The first-order valence-electron chi connectivity index (χ1n) is 12.7. The number of amides is 1. The Morgan fingerprint density at radius 2 is 1.69 bits per heavy atom. The molecule has 2 aromatic rings. The van der Waals surface area contributed by atoms with E-state index < -0.39 is 27.2 Å². The Bertz CT molecular complexity index is 1280. The van der Waals surface area contributed by atoms with Crippen molar-refractivity contribution in [2.24, 2.45) is 5.92 Å². The lowest BCUT2D eigenvalue weighted by atomic mass is 10.0. The summed E-state index contributed by atoms with van der Waals surface area (Å²) < 4.78 is 28.9. The zero-order chi connectivity index (χ0) is 26.5. The van der Waals surface area contributed by atoms with Crippen LogP contribution in [0.15, 0.2) is 38.8 Å². The Labute approximate surface area is 212 Å². The van der Waals surface area contributed by atoms with E-state index in [9.17, 15) is 22.8 Å². The molecule has 1 aromatic carbocycles. The van der Waals surface area contributed by atoms with Crippen LogP contribution in [0.5, 0.6) is 0 Å². The highest BCUT2D eigenvalue weighted by Crippen LogP contribution is 2.25. The minimum atomic E-state index is -3.65. The minimum absolute atomic E-state index is 0.0554. The van der Waals surface area contributed by atoms with Crippen molar-refractivity contribution in [2.45, 2.75) is 70.7 Å². The van der Waals surface area contributed by atoms with Crippen LogP contribution in [0.25, 0.3) is 0 Å². The van der Waals surface area contributed by atoms with Crippen LogP contribution in [0, 0.1) is 5.92 Å². The highest BCUT2D eigenvalue weighted by Gasteiger charge is 2.29. The number of H-pyrrole nitrogens is 1. The number of aromatic amines is 1. The van der Waals surface area contributed by atoms with Crippen LogP contribution in [0.3, 0.4) is 0 Å². The third-order valence-electron chi connectivity index (χ3n) is 6.68. The number of sulfonamides is 1. The van der Waals surface area contributed by atoms with Crippen molar-refractivity contribution in [3.63, 3.8) is 0 Å². The molecule has 36 heavy (non-hydrogen) atoms. The van der Waals surface area contributed by atoms with Crippen molar-refractivity contribution in [3.05, 3.63) is 50.7 Å². The number of nitrogens with zero attached hydrogens (tertiary/aromatic N) is 3. The van der Waals surface area contributed by atoms with Gasteiger partial charge in [-0.3, -0.25) is 19.1 Å². The molecular weight excluding hydrogens is 482 g/mol. The van der Waals surface area contributed by atoms with Gasteiger partial charge < -0.3 is 10.6 Å². The van der Waals surface area contributed by atoms with E-state index in [0.717, 1.165) is 25.7 Å². The van der Waals surface area contributed by atoms with Gasteiger partial charge >= 0.3 is 5.69 Å². The molecule has 10 nitrogen and oxygen atoms in total. The average Bonchev–Trinajstić information content (AvgIpc) is 2.85. The summed E-state index contributed by atoms with van der Waals surface area (Å²) in [5.41, 5.74) is 5.07. The fraction of sp³-hybridized carbons (Fsp3) is 0.560. The Morgan fingerprint density at radius 1 is 1.08 bits per heavy atom. The molecule has 11 heteroatoms. The molecule has 1 aliphatic heterocycles. The van der Waals surface area contributed by atoms with Crippen LogP contribution in [0.2, 0.25) is 0 Å². The Morgan fingerprint density at radius 3 is 2.28 bits per heavy atom. The van der Waals surface area contributed by atoms with Gasteiger partial charge in [0, 0.05) is 31.7 Å². The van der Waals surface area contributed by atoms with Crippen LogP contribution in [0.1, 0.15) is 69.7 Å². The molecule has 1 aliphatic rings. The number of hydrogen-bond donors (Lipinski definition) is 2. The molecular formula is C25H37N5O5S. The maximum Gasteiger partial charge on any atom is 0.330 e. The molecule has 2 heterocycles. The van der Waals surface area contributed by atoms with Crippen LogP contribution >= 0.6 is 0 Å². The number of aromatic nitrogens is 2. The lowest BCUT2D eigenvalue weighted by Crippen LogP contribution is -2.41. The third-order valence-corrected chi connectivity index (χ3v) is 8.59.